The van der Waals surface area contributed by atoms with Crippen LogP contribution in [0.1, 0.15) is 31.1 Å². The first kappa shape index (κ1) is 15.3. The second kappa shape index (κ2) is 6.43. The first-order valence-corrected chi connectivity index (χ1v) is 6.25. The van der Waals surface area contributed by atoms with E-state index in [0.717, 1.165) is 0 Å². The third-order valence-corrected chi connectivity index (χ3v) is 2.70. The fraction of sp³-hybridized carbons (Fsp3) is 0.500. The molecule has 0 unspecified atom stereocenters. The number of hydrogen-bond acceptors (Lipinski definition) is 4. The summed E-state index contributed by atoms with van der Waals surface area (Å²) in [6, 6.07) is 4.96. The van der Waals surface area contributed by atoms with E-state index in [4.69, 9.17) is 15.2 Å². The lowest BCUT2D eigenvalue weighted by molar-refractivity contribution is -0.00815. The molecule has 0 heterocycles. The van der Waals surface area contributed by atoms with Crippen molar-refractivity contribution in [3.05, 3.63) is 23.8 Å². The Morgan fingerprint density at radius 2 is 2.11 bits per heavy atom. The van der Waals surface area contributed by atoms with Crippen molar-refractivity contribution >= 4 is 11.6 Å². The Balaban J connectivity index is 2.66. The van der Waals surface area contributed by atoms with Crippen LogP contribution in [0.5, 0.6) is 5.75 Å². The molecule has 0 fully saturated rings. The average molecular weight is 266 g/mol. The highest BCUT2D eigenvalue weighted by atomic mass is 16.5. The Morgan fingerprint density at radius 3 is 2.63 bits per heavy atom. The van der Waals surface area contributed by atoms with Crippen LogP contribution >= 0.6 is 0 Å². The van der Waals surface area contributed by atoms with Gasteiger partial charge in [-0.25, -0.2) is 0 Å². The monoisotopic (exact) mass is 266 g/mol. The molecule has 1 aromatic rings. The Bertz CT molecular complexity index is 444. The molecular formula is C14H22N2O3. The van der Waals surface area contributed by atoms with Gasteiger partial charge in [-0.05, 0) is 39.0 Å². The van der Waals surface area contributed by atoms with Gasteiger partial charge in [0.1, 0.15) is 5.75 Å². The highest BCUT2D eigenvalue weighted by Crippen LogP contribution is 2.21. The molecule has 0 aliphatic rings. The summed E-state index contributed by atoms with van der Waals surface area (Å²) in [5.41, 5.74) is 6.33. The number of carbonyl (C=O) groups is 1. The fourth-order valence-corrected chi connectivity index (χ4v) is 1.71. The van der Waals surface area contributed by atoms with E-state index >= 15 is 0 Å². The maximum atomic E-state index is 12.0. The molecule has 1 rings (SSSR count). The third-order valence-electron chi connectivity index (χ3n) is 2.70. The molecule has 19 heavy (non-hydrogen) atoms. The maximum Gasteiger partial charge on any atom is 0.251 e. The molecule has 5 heteroatoms. The zero-order valence-electron chi connectivity index (χ0n) is 11.9. The molecule has 0 spiro atoms. The molecule has 1 aromatic carbocycles. The number of nitrogens with two attached hydrogens (primary N) is 1. The molecule has 1 amide bonds. The van der Waals surface area contributed by atoms with Gasteiger partial charge in [-0.2, -0.15) is 0 Å². The summed E-state index contributed by atoms with van der Waals surface area (Å²) in [4.78, 5) is 12.0. The van der Waals surface area contributed by atoms with E-state index in [1.807, 2.05) is 20.8 Å². The van der Waals surface area contributed by atoms with Crippen LogP contribution in [0.25, 0.3) is 0 Å². The number of carbonyl (C=O) groups excluding carboxylic acids is 1. The van der Waals surface area contributed by atoms with Crippen LogP contribution in [0.4, 0.5) is 5.69 Å². The smallest absolute Gasteiger partial charge is 0.251 e. The van der Waals surface area contributed by atoms with Crippen molar-refractivity contribution in [3.8, 4) is 5.75 Å². The number of amides is 1. The predicted octanol–water partition coefficient (Wildman–Crippen LogP) is 1.82. The lowest BCUT2D eigenvalue weighted by atomic mass is 10.1. The van der Waals surface area contributed by atoms with Crippen molar-refractivity contribution in [3.63, 3.8) is 0 Å². The molecule has 0 saturated heterocycles. The number of hydrogen-bond donors (Lipinski definition) is 2. The summed E-state index contributed by atoms with van der Waals surface area (Å²) in [7, 11) is 1.54. The molecule has 5 nitrogen and oxygen atoms in total. The van der Waals surface area contributed by atoms with Gasteiger partial charge in [0.15, 0.2) is 0 Å². The van der Waals surface area contributed by atoms with E-state index in [1.165, 1.54) is 7.11 Å². The van der Waals surface area contributed by atoms with E-state index in [-0.39, 0.29) is 11.5 Å². The zero-order chi connectivity index (χ0) is 14.5. The second-order valence-electron chi connectivity index (χ2n) is 4.83. The molecule has 0 bridgehead atoms. The summed E-state index contributed by atoms with van der Waals surface area (Å²) < 4.78 is 10.6. The Labute approximate surface area is 114 Å². The average Bonchev–Trinajstić information content (AvgIpc) is 2.36. The van der Waals surface area contributed by atoms with Gasteiger partial charge < -0.3 is 20.5 Å². The van der Waals surface area contributed by atoms with Gasteiger partial charge in [-0.3, -0.25) is 4.79 Å². The number of nitrogens with one attached hydrogen (secondary N) is 1. The van der Waals surface area contributed by atoms with Crippen LogP contribution in [-0.4, -0.2) is 31.8 Å². The lowest BCUT2D eigenvalue weighted by Crippen LogP contribution is -2.40. The lowest BCUT2D eigenvalue weighted by Gasteiger charge is -2.24. The highest BCUT2D eigenvalue weighted by molar-refractivity contribution is 5.95. The zero-order valence-corrected chi connectivity index (χ0v) is 11.9. The Kier molecular flexibility index (Phi) is 5.18. The van der Waals surface area contributed by atoms with Crippen LogP contribution in [-0.2, 0) is 4.74 Å². The maximum absolute atomic E-state index is 12.0. The Morgan fingerprint density at radius 1 is 1.42 bits per heavy atom. The number of nitrogen functional groups attached to an aromatic ring is 1. The number of methoxy groups -OCH3 is 1. The summed E-state index contributed by atoms with van der Waals surface area (Å²) in [6.45, 7) is 6.83. The summed E-state index contributed by atoms with van der Waals surface area (Å²) in [6.07, 6.45) is 0. The standard InChI is InChI=1S/C14H22N2O3/c1-5-19-14(2,3)9-16-13(17)10-6-7-12(18-4)11(15)8-10/h6-8H,5,9,15H2,1-4H3,(H,16,17). The molecular weight excluding hydrogens is 244 g/mol. The van der Waals surface area contributed by atoms with Gasteiger partial charge in [0.2, 0.25) is 0 Å². The molecule has 0 aliphatic heterocycles. The van der Waals surface area contributed by atoms with Crippen LogP contribution in [0, 0.1) is 0 Å². The largest absolute Gasteiger partial charge is 0.495 e. The SMILES string of the molecule is CCOC(C)(C)CNC(=O)c1ccc(OC)c(N)c1. The van der Waals surface area contributed by atoms with Gasteiger partial charge in [0.05, 0.1) is 18.4 Å². The molecule has 0 atom stereocenters. The third kappa shape index (κ3) is 4.44. The van der Waals surface area contributed by atoms with Gasteiger partial charge in [-0.1, -0.05) is 0 Å². The van der Waals surface area contributed by atoms with Crippen LogP contribution in [0.3, 0.4) is 0 Å². The van der Waals surface area contributed by atoms with Crippen molar-refractivity contribution in [2.75, 3.05) is 26.0 Å². The van der Waals surface area contributed by atoms with Crippen LogP contribution < -0.4 is 15.8 Å². The summed E-state index contributed by atoms with van der Waals surface area (Å²) >= 11 is 0. The fourth-order valence-electron chi connectivity index (χ4n) is 1.71. The van der Waals surface area contributed by atoms with Gasteiger partial charge >= 0.3 is 0 Å². The molecule has 0 saturated carbocycles. The van der Waals surface area contributed by atoms with Crippen LogP contribution in [0.2, 0.25) is 0 Å². The summed E-state index contributed by atoms with van der Waals surface area (Å²) in [5, 5.41) is 2.83. The van der Waals surface area contributed by atoms with Gasteiger partial charge in [0.25, 0.3) is 5.91 Å². The molecule has 0 aromatic heterocycles. The number of benzene rings is 1. The van der Waals surface area contributed by atoms with Crippen LogP contribution in [0.15, 0.2) is 18.2 Å². The molecule has 106 valence electrons. The number of rotatable bonds is 6. The topological polar surface area (TPSA) is 73.6 Å². The first-order valence-electron chi connectivity index (χ1n) is 6.25. The van der Waals surface area contributed by atoms with E-state index in [1.54, 1.807) is 18.2 Å². The van der Waals surface area contributed by atoms with E-state index in [2.05, 4.69) is 5.32 Å². The molecule has 0 aliphatic carbocycles. The van der Waals surface area contributed by atoms with Gasteiger partial charge in [0, 0.05) is 18.7 Å². The summed E-state index contributed by atoms with van der Waals surface area (Å²) in [5.74, 6) is 0.383. The van der Waals surface area contributed by atoms with Crippen molar-refractivity contribution in [2.45, 2.75) is 26.4 Å². The second-order valence-corrected chi connectivity index (χ2v) is 4.83. The minimum atomic E-state index is -0.386. The first-order chi connectivity index (χ1) is 8.89. The van der Waals surface area contributed by atoms with Crippen molar-refractivity contribution in [2.24, 2.45) is 0 Å². The molecule has 0 radical (unpaired) electrons. The minimum absolute atomic E-state index is 0.179. The van der Waals surface area contributed by atoms with E-state index in [9.17, 15) is 4.79 Å². The normalized spacial score (nSPS) is 11.2. The van der Waals surface area contributed by atoms with Gasteiger partial charge in [-0.15, -0.1) is 0 Å². The van der Waals surface area contributed by atoms with Crippen molar-refractivity contribution in [1.29, 1.82) is 0 Å². The number of anilines is 1. The molecule has 3 N–H and O–H groups in total. The van der Waals surface area contributed by atoms with Crippen molar-refractivity contribution in [1.82, 2.24) is 5.32 Å². The number of ether oxygens (including phenoxy) is 2. The predicted molar refractivity (Wildman–Crippen MR) is 75.4 cm³/mol. The minimum Gasteiger partial charge on any atom is -0.495 e. The van der Waals surface area contributed by atoms with E-state index < -0.39 is 0 Å². The van der Waals surface area contributed by atoms with Crippen molar-refractivity contribution < 1.29 is 14.3 Å². The highest BCUT2D eigenvalue weighted by Gasteiger charge is 2.19. The quantitative estimate of drug-likeness (QED) is 0.770. The van der Waals surface area contributed by atoms with E-state index in [0.29, 0.717) is 30.2 Å². The Hall–Kier alpha value is -1.75.